The summed E-state index contributed by atoms with van der Waals surface area (Å²) in [4.78, 5) is 15.5. The molecule has 0 saturated carbocycles. The first-order chi connectivity index (χ1) is 7.19. The van der Waals surface area contributed by atoms with Crippen molar-refractivity contribution in [2.24, 2.45) is 5.73 Å². The van der Waals surface area contributed by atoms with Crippen LogP contribution in [0.1, 0.15) is 26.3 Å². The number of carbonyl (C=O) groups is 1. The van der Waals surface area contributed by atoms with Crippen LogP contribution in [-0.2, 0) is 4.79 Å². The first kappa shape index (κ1) is 11.6. The molecule has 0 radical (unpaired) electrons. The number of nitrogens with zero attached hydrogens (tertiary/aromatic N) is 3. The zero-order valence-electron chi connectivity index (χ0n) is 9.05. The van der Waals surface area contributed by atoms with E-state index in [1.807, 2.05) is 6.92 Å². The van der Waals surface area contributed by atoms with Gasteiger partial charge in [-0.15, -0.1) is 0 Å². The van der Waals surface area contributed by atoms with E-state index in [-0.39, 0.29) is 18.0 Å². The van der Waals surface area contributed by atoms with Gasteiger partial charge in [-0.3, -0.25) is 4.79 Å². The van der Waals surface area contributed by atoms with Gasteiger partial charge < -0.3 is 11.1 Å². The fourth-order valence-electron chi connectivity index (χ4n) is 1.19. The SMILES string of the molecule is CCC(CN)NC(=O)C(C)n1cncn1. The van der Waals surface area contributed by atoms with Crippen molar-refractivity contribution in [1.82, 2.24) is 20.1 Å². The lowest BCUT2D eigenvalue weighted by molar-refractivity contribution is -0.124. The Labute approximate surface area is 88.9 Å². The molecule has 1 heterocycles. The molecule has 0 bridgehead atoms. The highest BCUT2D eigenvalue weighted by Gasteiger charge is 2.17. The van der Waals surface area contributed by atoms with Crippen LogP contribution in [0.3, 0.4) is 0 Å². The molecule has 0 aliphatic heterocycles. The van der Waals surface area contributed by atoms with Gasteiger partial charge in [0.05, 0.1) is 0 Å². The van der Waals surface area contributed by atoms with Crippen LogP contribution in [0.25, 0.3) is 0 Å². The number of hydrogen-bond donors (Lipinski definition) is 2. The summed E-state index contributed by atoms with van der Waals surface area (Å²) >= 11 is 0. The Kier molecular flexibility index (Phi) is 4.23. The number of aromatic nitrogens is 3. The molecule has 1 aromatic rings. The third-order valence-electron chi connectivity index (χ3n) is 2.34. The summed E-state index contributed by atoms with van der Waals surface area (Å²) in [7, 11) is 0. The Bertz CT molecular complexity index is 293. The largest absolute Gasteiger partial charge is 0.350 e. The van der Waals surface area contributed by atoms with E-state index in [9.17, 15) is 4.79 Å². The number of rotatable bonds is 5. The van der Waals surface area contributed by atoms with Gasteiger partial charge in [0.15, 0.2) is 0 Å². The van der Waals surface area contributed by atoms with Gasteiger partial charge in [0, 0.05) is 12.6 Å². The van der Waals surface area contributed by atoms with Crippen LogP contribution in [0.15, 0.2) is 12.7 Å². The normalized spacial score (nSPS) is 14.6. The predicted molar refractivity (Wildman–Crippen MR) is 56.0 cm³/mol. The Hall–Kier alpha value is -1.43. The van der Waals surface area contributed by atoms with E-state index in [4.69, 9.17) is 5.73 Å². The van der Waals surface area contributed by atoms with Gasteiger partial charge in [0.1, 0.15) is 18.7 Å². The van der Waals surface area contributed by atoms with Crippen molar-refractivity contribution >= 4 is 5.91 Å². The minimum atomic E-state index is -0.354. The molecule has 1 aromatic heterocycles. The first-order valence-electron chi connectivity index (χ1n) is 5.03. The van der Waals surface area contributed by atoms with Gasteiger partial charge >= 0.3 is 0 Å². The summed E-state index contributed by atoms with van der Waals surface area (Å²) in [5, 5.41) is 6.76. The number of nitrogens with one attached hydrogen (secondary N) is 1. The Morgan fingerprint density at radius 3 is 2.87 bits per heavy atom. The molecule has 2 unspecified atom stereocenters. The van der Waals surface area contributed by atoms with E-state index >= 15 is 0 Å². The van der Waals surface area contributed by atoms with Crippen LogP contribution in [0, 0.1) is 0 Å². The van der Waals surface area contributed by atoms with Crippen molar-refractivity contribution in [3.05, 3.63) is 12.7 Å². The van der Waals surface area contributed by atoms with Crippen molar-refractivity contribution in [2.75, 3.05) is 6.54 Å². The smallest absolute Gasteiger partial charge is 0.244 e. The summed E-state index contributed by atoms with van der Waals surface area (Å²) in [5.74, 6) is -0.0854. The Morgan fingerprint density at radius 2 is 2.40 bits per heavy atom. The molecule has 6 heteroatoms. The zero-order chi connectivity index (χ0) is 11.3. The van der Waals surface area contributed by atoms with Crippen LogP contribution >= 0.6 is 0 Å². The standard InChI is InChI=1S/C9H17N5O/c1-3-8(4-10)13-9(15)7(2)14-6-11-5-12-14/h5-8H,3-4,10H2,1-2H3,(H,13,15). The monoisotopic (exact) mass is 211 g/mol. The molecule has 6 nitrogen and oxygen atoms in total. The maximum Gasteiger partial charge on any atom is 0.244 e. The van der Waals surface area contributed by atoms with Gasteiger partial charge in [-0.1, -0.05) is 6.92 Å². The lowest BCUT2D eigenvalue weighted by Gasteiger charge is -2.18. The van der Waals surface area contributed by atoms with E-state index in [1.54, 1.807) is 6.92 Å². The third kappa shape index (κ3) is 3.02. The second-order valence-corrected chi connectivity index (χ2v) is 3.40. The Morgan fingerprint density at radius 1 is 1.67 bits per heavy atom. The summed E-state index contributed by atoms with van der Waals surface area (Å²) in [6, 6.07) is -0.323. The fraction of sp³-hybridized carbons (Fsp3) is 0.667. The highest BCUT2D eigenvalue weighted by molar-refractivity contribution is 5.80. The summed E-state index contributed by atoms with van der Waals surface area (Å²) < 4.78 is 1.51. The van der Waals surface area contributed by atoms with Crippen molar-refractivity contribution in [3.63, 3.8) is 0 Å². The van der Waals surface area contributed by atoms with Crippen molar-refractivity contribution in [2.45, 2.75) is 32.4 Å². The molecular formula is C9H17N5O. The van der Waals surface area contributed by atoms with Gasteiger partial charge in [-0.25, -0.2) is 9.67 Å². The zero-order valence-corrected chi connectivity index (χ0v) is 9.05. The first-order valence-corrected chi connectivity index (χ1v) is 5.03. The van der Waals surface area contributed by atoms with Gasteiger partial charge in [0.25, 0.3) is 0 Å². The molecule has 84 valence electrons. The Balaban J connectivity index is 2.53. The van der Waals surface area contributed by atoms with E-state index in [0.29, 0.717) is 6.54 Å². The number of nitrogens with two attached hydrogens (primary N) is 1. The maximum absolute atomic E-state index is 11.7. The van der Waals surface area contributed by atoms with Crippen molar-refractivity contribution in [3.8, 4) is 0 Å². The summed E-state index contributed by atoms with van der Waals surface area (Å²) in [6.45, 7) is 4.21. The molecule has 2 atom stereocenters. The molecule has 1 rings (SSSR count). The van der Waals surface area contributed by atoms with Crippen molar-refractivity contribution < 1.29 is 4.79 Å². The van der Waals surface area contributed by atoms with E-state index in [1.165, 1.54) is 17.3 Å². The van der Waals surface area contributed by atoms with Gasteiger partial charge in [0.2, 0.25) is 5.91 Å². The number of amides is 1. The topological polar surface area (TPSA) is 85.8 Å². The molecular weight excluding hydrogens is 194 g/mol. The average molecular weight is 211 g/mol. The summed E-state index contributed by atoms with van der Waals surface area (Å²) in [5.41, 5.74) is 5.50. The molecule has 0 spiro atoms. The highest BCUT2D eigenvalue weighted by Crippen LogP contribution is 2.02. The molecule has 0 aliphatic carbocycles. The molecule has 0 aromatic carbocycles. The third-order valence-corrected chi connectivity index (χ3v) is 2.34. The maximum atomic E-state index is 11.7. The predicted octanol–water partition coefficient (Wildman–Crippen LogP) is -0.307. The quantitative estimate of drug-likeness (QED) is 0.699. The average Bonchev–Trinajstić information content (AvgIpc) is 2.77. The molecule has 1 amide bonds. The van der Waals surface area contributed by atoms with Crippen LogP contribution in [-0.4, -0.2) is 33.3 Å². The minimum absolute atomic E-state index is 0.0310. The molecule has 0 aliphatic rings. The van der Waals surface area contributed by atoms with E-state index in [2.05, 4.69) is 15.4 Å². The second-order valence-electron chi connectivity index (χ2n) is 3.40. The molecule has 0 saturated heterocycles. The number of carbonyl (C=O) groups excluding carboxylic acids is 1. The van der Waals surface area contributed by atoms with Gasteiger partial charge in [-0.2, -0.15) is 5.10 Å². The second kappa shape index (κ2) is 5.45. The van der Waals surface area contributed by atoms with Crippen LogP contribution < -0.4 is 11.1 Å². The highest BCUT2D eigenvalue weighted by atomic mass is 16.2. The molecule has 0 fully saturated rings. The van der Waals surface area contributed by atoms with Gasteiger partial charge in [-0.05, 0) is 13.3 Å². The van der Waals surface area contributed by atoms with Crippen LogP contribution in [0.4, 0.5) is 0 Å². The molecule has 15 heavy (non-hydrogen) atoms. The van der Waals surface area contributed by atoms with E-state index in [0.717, 1.165) is 6.42 Å². The molecule has 3 N–H and O–H groups in total. The van der Waals surface area contributed by atoms with Crippen LogP contribution in [0.2, 0.25) is 0 Å². The summed E-state index contributed by atoms with van der Waals surface area (Å²) in [6.07, 6.45) is 3.75. The lowest BCUT2D eigenvalue weighted by Crippen LogP contribution is -2.42. The van der Waals surface area contributed by atoms with E-state index < -0.39 is 0 Å². The minimum Gasteiger partial charge on any atom is -0.350 e. The number of hydrogen-bond acceptors (Lipinski definition) is 4. The fourth-order valence-corrected chi connectivity index (χ4v) is 1.19. The lowest BCUT2D eigenvalue weighted by atomic mass is 10.2. The van der Waals surface area contributed by atoms with Crippen LogP contribution in [0.5, 0.6) is 0 Å². The van der Waals surface area contributed by atoms with Crippen molar-refractivity contribution in [1.29, 1.82) is 0 Å².